The van der Waals surface area contributed by atoms with Crippen molar-refractivity contribution in [1.29, 1.82) is 0 Å². The number of amides is 1. The number of nitrogens with zero attached hydrogens (tertiary/aromatic N) is 5. The molecule has 1 N–H and O–H groups in total. The summed E-state index contributed by atoms with van der Waals surface area (Å²) >= 11 is 0. The van der Waals surface area contributed by atoms with Crippen molar-refractivity contribution in [2.24, 2.45) is 5.92 Å². The molecule has 0 bridgehead atoms. The molecule has 8 nitrogen and oxygen atoms in total. The highest BCUT2D eigenvalue weighted by molar-refractivity contribution is 5.91. The largest absolute Gasteiger partial charge is 0.459 e. The summed E-state index contributed by atoms with van der Waals surface area (Å²) in [5.41, 5.74) is 0. The molecule has 152 valence electrons. The monoisotopic (exact) mass is 387 g/mol. The van der Waals surface area contributed by atoms with Crippen LogP contribution < -0.4 is 4.90 Å². The Hall–Kier alpha value is -2.22. The van der Waals surface area contributed by atoms with Gasteiger partial charge < -0.3 is 14.2 Å². The highest BCUT2D eigenvalue weighted by Gasteiger charge is 2.37. The molecule has 2 aromatic rings. The zero-order valence-electron chi connectivity index (χ0n) is 16.9. The fourth-order valence-corrected chi connectivity index (χ4v) is 4.81. The quantitative estimate of drug-likeness (QED) is 0.841. The van der Waals surface area contributed by atoms with Gasteiger partial charge in [0.25, 0.3) is 5.91 Å². The lowest BCUT2D eigenvalue weighted by Crippen LogP contribution is -3.15. The summed E-state index contributed by atoms with van der Waals surface area (Å²) in [5.74, 6) is 1.85. The first-order chi connectivity index (χ1) is 13.6. The summed E-state index contributed by atoms with van der Waals surface area (Å²) in [6, 6.07) is 4.17. The molecule has 4 rings (SSSR count). The van der Waals surface area contributed by atoms with Crippen LogP contribution in [0.15, 0.2) is 22.8 Å². The van der Waals surface area contributed by atoms with Crippen molar-refractivity contribution in [2.45, 2.75) is 58.0 Å². The predicted molar refractivity (Wildman–Crippen MR) is 103 cm³/mol. The Labute approximate surface area is 165 Å². The molecule has 8 heteroatoms. The van der Waals surface area contributed by atoms with Crippen molar-refractivity contribution >= 4 is 5.91 Å². The molecule has 3 heterocycles. The molecular formula is C20H31N6O2+. The van der Waals surface area contributed by atoms with Gasteiger partial charge in [-0.25, -0.2) is 4.68 Å². The molecule has 0 spiro atoms. The predicted octanol–water partition coefficient (Wildman–Crippen LogP) is 1.51. The fourth-order valence-electron chi connectivity index (χ4n) is 4.81. The number of hydrogen-bond donors (Lipinski definition) is 1. The molecule has 1 saturated carbocycles. The van der Waals surface area contributed by atoms with E-state index < -0.39 is 0 Å². The molecular weight excluding hydrogens is 356 g/mol. The highest BCUT2D eigenvalue weighted by atomic mass is 16.3. The molecule has 1 amide bonds. The molecule has 28 heavy (non-hydrogen) atoms. The van der Waals surface area contributed by atoms with E-state index in [0.29, 0.717) is 17.7 Å². The summed E-state index contributed by atoms with van der Waals surface area (Å²) in [5, 5.41) is 12.9. The van der Waals surface area contributed by atoms with Gasteiger partial charge >= 0.3 is 0 Å². The van der Waals surface area contributed by atoms with Gasteiger partial charge in [-0.05, 0) is 35.4 Å². The number of nitrogens with one attached hydrogen (secondary N) is 1. The number of hydrogen-bond acceptors (Lipinski definition) is 5. The second-order valence-electron chi connectivity index (χ2n) is 8.42. The van der Waals surface area contributed by atoms with E-state index in [4.69, 9.17) is 4.42 Å². The van der Waals surface area contributed by atoms with E-state index in [0.717, 1.165) is 32.0 Å². The van der Waals surface area contributed by atoms with Crippen molar-refractivity contribution in [1.82, 2.24) is 25.1 Å². The lowest BCUT2D eigenvalue weighted by atomic mass is 9.94. The Morgan fingerprint density at radius 2 is 1.96 bits per heavy atom. The third kappa shape index (κ3) is 3.83. The minimum Gasteiger partial charge on any atom is -0.459 e. The summed E-state index contributed by atoms with van der Waals surface area (Å²) in [6.07, 6.45) is 7.73. The van der Waals surface area contributed by atoms with Gasteiger partial charge in [0.2, 0.25) is 5.82 Å². The second-order valence-corrected chi connectivity index (χ2v) is 8.42. The van der Waals surface area contributed by atoms with Crippen LogP contribution >= 0.6 is 0 Å². The second kappa shape index (κ2) is 8.43. The third-order valence-electron chi connectivity index (χ3n) is 6.25. The van der Waals surface area contributed by atoms with Gasteiger partial charge in [0.1, 0.15) is 0 Å². The summed E-state index contributed by atoms with van der Waals surface area (Å²) in [7, 11) is 0. The lowest BCUT2D eigenvalue weighted by molar-refractivity contribution is -0.940. The number of carbonyl (C=O) groups is 1. The molecule has 2 fully saturated rings. The van der Waals surface area contributed by atoms with Gasteiger partial charge in [-0.1, -0.05) is 33.1 Å². The Kier molecular flexibility index (Phi) is 5.75. The van der Waals surface area contributed by atoms with Crippen LogP contribution in [-0.2, 0) is 0 Å². The van der Waals surface area contributed by atoms with Crippen LogP contribution in [0.5, 0.6) is 0 Å². The number of tetrazole rings is 1. The molecule has 0 radical (unpaired) electrons. The summed E-state index contributed by atoms with van der Waals surface area (Å²) < 4.78 is 7.38. The number of furan rings is 1. The molecule has 1 atom stereocenters. The maximum Gasteiger partial charge on any atom is 0.289 e. The van der Waals surface area contributed by atoms with Crippen molar-refractivity contribution in [3.05, 3.63) is 30.0 Å². The molecule has 0 aromatic carbocycles. The standard InChI is InChI=1S/C20H30N6O2/c1-15(2)18(19-21-22-23-26(19)16-7-4-3-5-8-16)24-10-12-25(13-11-24)20(27)17-9-6-14-28-17/h6,9,14-16,18H,3-5,7-8,10-13H2,1-2H3/p+1/t18-/m1/s1. The van der Waals surface area contributed by atoms with E-state index in [-0.39, 0.29) is 11.9 Å². The molecule has 1 aliphatic carbocycles. The topological polar surface area (TPSA) is 81.5 Å². The first-order valence-electron chi connectivity index (χ1n) is 10.6. The first-order valence-corrected chi connectivity index (χ1v) is 10.6. The first kappa shape index (κ1) is 19.1. The average molecular weight is 388 g/mol. The van der Waals surface area contributed by atoms with Crippen LogP contribution in [0.4, 0.5) is 0 Å². The van der Waals surface area contributed by atoms with Gasteiger partial charge in [0.15, 0.2) is 11.8 Å². The van der Waals surface area contributed by atoms with E-state index in [2.05, 4.69) is 34.1 Å². The highest BCUT2D eigenvalue weighted by Crippen LogP contribution is 2.30. The molecule has 2 aliphatic rings. The van der Waals surface area contributed by atoms with Crippen LogP contribution in [0.25, 0.3) is 0 Å². The number of quaternary nitrogens is 1. The number of rotatable bonds is 5. The summed E-state index contributed by atoms with van der Waals surface area (Å²) in [4.78, 5) is 15.9. The van der Waals surface area contributed by atoms with Crippen LogP contribution in [0.1, 0.15) is 74.4 Å². The van der Waals surface area contributed by atoms with E-state index in [9.17, 15) is 4.79 Å². The van der Waals surface area contributed by atoms with Crippen LogP contribution in [0.2, 0.25) is 0 Å². The molecule has 0 unspecified atom stereocenters. The van der Waals surface area contributed by atoms with Crippen molar-refractivity contribution in [3.8, 4) is 0 Å². The number of aromatic nitrogens is 4. The minimum atomic E-state index is -0.0165. The van der Waals surface area contributed by atoms with Gasteiger partial charge in [0.05, 0.1) is 38.5 Å². The zero-order chi connectivity index (χ0) is 19.5. The van der Waals surface area contributed by atoms with Gasteiger partial charge in [-0.3, -0.25) is 4.79 Å². The molecule has 1 saturated heterocycles. The minimum absolute atomic E-state index is 0.0165. The smallest absolute Gasteiger partial charge is 0.289 e. The SMILES string of the molecule is CC(C)[C@H](c1nnnn1C1CCCCC1)[NH+]1CCN(C(=O)c2ccco2)CC1. The lowest BCUT2D eigenvalue weighted by Gasteiger charge is -2.37. The molecule has 1 aliphatic heterocycles. The van der Waals surface area contributed by atoms with Gasteiger partial charge in [0, 0.05) is 5.92 Å². The normalized spacial score (nSPS) is 20.6. The maximum atomic E-state index is 12.5. The van der Waals surface area contributed by atoms with Crippen molar-refractivity contribution in [3.63, 3.8) is 0 Å². The maximum absolute atomic E-state index is 12.5. The van der Waals surface area contributed by atoms with E-state index in [1.54, 1.807) is 18.4 Å². The van der Waals surface area contributed by atoms with Crippen molar-refractivity contribution in [2.75, 3.05) is 26.2 Å². The van der Waals surface area contributed by atoms with E-state index in [1.165, 1.54) is 37.0 Å². The van der Waals surface area contributed by atoms with Gasteiger partial charge in [-0.15, -0.1) is 5.10 Å². The Morgan fingerprint density at radius 1 is 1.21 bits per heavy atom. The van der Waals surface area contributed by atoms with E-state index in [1.807, 2.05) is 4.90 Å². The third-order valence-corrected chi connectivity index (χ3v) is 6.25. The zero-order valence-corrected chi connectivity index (χ0v) is 16.9. The van der Waals surface area contributed by atoms with Crippen LogP contribution in [-0.4, -0.2) is 57.2 Å². The fraction of sp³-hybridized carbons (Fsp3) is 0.700. The number of carbonyl (C=O) groups excluding carboxylic acids is 1. The van der Waals surface area contributed by atoms with Crippen LogP contribution in [0, 0.1) is 5.92 Å². The van der Waals surface area contributed by atoms with Gasteiger partial charge in [-0.2, -0.15) is 0 Å². The Morgan fingerprint density at radius 3 is 2.61 bits per heavy atom. The van der Waals surface area contributed by atoms with Crippen LogP contribution in [0.3, 0.4) is 0 Å². The van der Waals surface area contributed by atoms with E-state index >= 15 is 0 Å². The van der Waals surface area contributed by atoms with Crippen molar-refractivity contribution < 1.29 is 14.1 Å². The Balaban J connectivity index is 1.46. The summed E-state index contributed by atoms with van der Waals surface area (Å²) in [6.45, 7) is 7.74. The average Bonchev–Trinajstić information content (AvgIpc) is 3.41. The molecule has 2 aromatic heterocycles. The Bertz CT molecular complexity index is 758. The number of piperazine rings is 1.